The molecule has 4 heteroatoms. The predicted molar refractivity (Wildman–Crippen MR) is 85.2 cm³/mol. The van der Waals surface area contributed by atoms with Crippen LogP contribution in [0.3, 0.4) is 0 Å². The molecule has 1 fully saturated rings. The molecule has 2 aliphatic heterocycles. The van der Waals surface area contributed by atoms with Crippen molar-refractivity contribution in [1.82, 2.24) is 5.32 Å². The molecule has 0 aromatic heterocycles. The summed E-state index contributed by atoms with van der Waals surface area (Å²) in [5.41, 5.74) is 2.46. The molecule has 0 aliphatic carbocycles. The third-order valence-electron chi connectivity index (χ3n) is 4.59. The maximum Gasteiger partial charge on any atom is 0.127 e. The van der Waals surface area contributed by atoms with Crippen molar-refractivity contribution in [3.8, 4) is 5.75 Å². The van der Waals surface area contributed by atoms with Crippen LogP contribution < -0.4 is 10.1 Å². The monoisotopic (exact) mass is 309 g/mol. The summed E-state index contributed by atoms with van der Waals surface area (Å²) in [6.07, 6.45) is 3.43. The van der Waals surface area contributed by atoms with Gasteiger partial charge in [0.15, 0.2) is 0 Å². The van der Waals surface area contributed by atoms with Crippen molar-refractivity contribution in [3.63, 3.8) is 0 Å². The molecule has 21 heavy (non-hydrogen) atoms. The standard InChI is InChI=1S/C17H24ClNO2/c1-3-6-19-16(14-5-8-20-11(14)2)15-10-13(18)9-12-4-7-21-17(12)15/h9-11,14,16,19H,3-8H2,1-2H3. The predicted octanol–water partition coefficient (Wildman–Crippen LogP) is 3.74. The quantitative estimate of drug-likeness (QED) is 0.899. The first-order valence-electron chi connectivity index (χ1n) is 8.00. The number of rotatable bonds is 5. The minimum atomic E-state index is 0.257. The lowest BCUT2D eigenvalue weighted by atomic mass is 9.87. The van der Waals surface area contributed by atoms with Gasteiger partial charge >= 0.3 is 0 Å². The third-order valence-corrected chi connectivity index (χ3v) is 4.81. The van der Waals surface area contributed by atoms with Gasteiger partial charge in [-0.25, -0.2) is 0 Å². The van der Waals surface area contributed by atoms with Gasteiger partial charge in [-0.05, 0) is 44.0 Å². The van der Waals surface area contributed by atoms with E-state index in [1.54, 1.807) is 0 Å². The van der Waals surface area contributed by atoms with E-state index in [9.17, 15) is 0 Å². The van der Waals surface area contributed by atoms with Gasteiger partial charge in [-0.3, -0.25) is 0 Å². The summed E-state index contributed by atoms with van der Waals surface area (Å²) in [5, 5.41) is 4.51. The van der Waals surface area contributed by atoms with Crippen molar-refractivity contribution in [2.24, 2.45) is 5.92 Å². The molecule has 2 aliphatic rings. The number of benzene rings is 1. The molecular formula is C17H24ClNO2. The Morgan fingerprint density at radius 3 is 2.95 bits per heavy atom. The van der Waals surface area contributed by atoms with Crippen LogP contribution in [0.15, 0.2) is 12.1 Å². The Hall–Kier alpha value is -0.770. The van der Waals surface area contributed by atoms with Gasteiger partial charge in [-0.1, -0.05) is 18.5 Å². The van der Waals surface area contributed by atoms with Gasteiger partial charge in [-0.15, -0.1) is 0 Å². The lowest BCUT2D eigenvalue weighted by Gasteiger charge is -2.29. The summed E-state index contributed by atoms with van der Waals surface area (Å²) >= 11 is 6.34. The van der Waals surface area contributed by atoms with Crippen LogP contribution in [-0.2, 0) is 11.2 Å². The topological polar surface area (TPSA) is 30.5 Å². The van der Waals surface area contributed by atoms with Crippen molar-refractivity contribution >= 4 is 11.6 Å². The second-order valence-electron chi connectivity index (χ2n) is 6.04. The smallest absolute Gasteiger partial charge is 0.127 e. The molecule has 3 atom stereocenters. The Balaban J connectivity index is 1.96. The molecule has 0 saturated carbocycles. The van der Waals surface area contributed by atoms with Crippen LogP contribution in [-0.4, -0.2) is 25.9 Å². The minimum Gasteiger partial charge on any atom is -0.493 e. The second kappa shape index (κ2) is 6.55. The highest BCUT2D eigenvalue weighted by molar-refractivity contribution is 6.30. The summed E-state index contributed by atoms with van der Waals surface area (Å²) in [6.45, 7) is 6.97. The Kier molecular flexibility index (Phi) is 4.72. The fraction of sp³-hybridized carbons (Fsp3) is 0.647. The van der Waals surface area contributed by atoms with E-state index in [1.807, 2.05) is 6.07 Å². The molecule has 1 aromatic rings. The molecule has 0 amide bonds. The van der Waals surface area contributed by atoms with Crippen LogP contribution in [0.25, 0.3) is 0 Å². The van der Waals surface area contributed by atoms with Gasteiger partial charge in [0.05, 0.1) is 12.7 Å². The summed E-state index contributed by atoms with van der Waals surface area (Å²) < 4.78 is 11.7. The summed E-state index contributed by atoms with van der Waals surface area (Å²) in [7, 11) is 0. The van der Waals surface area contributed by atoms with Crippen LogP contribution in [0, 0.1) is 5.92 Å². The van der Waals surface area contributed by atoms with E-state index in [0.717, 1.165) is 49.8 Å². The molecule has 116 valence electrons. The van der Waals surface area contributed by atoms with Crippen LogP contribution in [0.5, 0.6) is 5.75 Å². The molecule has 0 radical (unpaired) electrons. The first-order valence-corrected chi connectivity index (χ1v) is 8.38. The molecule has 0 bridgehead atoms. The molecule has 3 nitrogen and oxygen atoms in total. The Morgan fingerprint density at radius 1 is 1.38 bits per heavy atom. The molecule has 2 heterocycles. The van der Waals surface area contributed by atoms with Crippen molar-refractivity contribution in [2.75, 3.05) is 19.8 Å². The number of hydrogen-bond donors (Lipinski definition) is 1. The Morgan fingerprint density at radius 2 is 2.24 bits per heavy atom. The van der Waals surface area contributed by atoms with E-state index in [4.69, 9.17) is 21.1 Å². The first-order chi connectivity index (χ1) is 10.2. The van der Waals surface area contributed by atoms with Gasteiger partial charge in [0.2, 0.25) is 0 Å². The highest BCUT2D eigenvalue weighted by Gasteiger charge is 2.35. The first kappa shape index (κ1) is 15.1. The SMILES string of the molecule is CCCNC(c1cc(Cl)cc2c1OCC2)C1CCOC1C. The highest BCUT2D eigenvalue weighted by Crippen LogP contribution is 2.42. The summed E-state index contributed by atoms with van der Waals surface area (Å²) in [4.78, 5) is 0. The molecule has 1 saturated heterocycles. The van der Waals surface area contributed by atoms with Crippen molar-refractivity contribution in [3.05, 3.63) is 28.3 Å². The maximum atomic E-state index is 6.34. The molecule has 1 N–H and O–H groups in total. The normalized spacial score (nSPS) is 25.7. The highest BCUT2D eigenvalue weighted by atomic mass is 35.5. The fourth-order valence-corrected chi connectivity index (χ4v) is 3.76. The van der Waals surface area contributed by atoms with E-state index >= 15 is 0 Å². The fourth-order valence-electron chi connectivity index (χ4n) is 3.51. The second-order valence-corrected chi connectivity index (χ2v) is 6.48. The number of hydrogen-bond acceptors (Lipinski definition) is 3. The van der Waals surface area contributed by atoms with E-state index in [2.05, 4.69) is 25.2 Å². The van der Waals surface area contributed by atoms with Crippen LogP contribution in [0.1, 0.15) is 43.9 Å². The average molecular weight is 310 g/mol. The molecular weight excluding hydrogens is 286 g/mol. The van der Waals surface area contributed by atoms with Crippen molar-refractivity contribution < 1.29 is 9.47 Å². The van der Waals surface area contributed by atoms with Gasteiger partial charge in [0.1, 0.15) is 5.75 Å². The third kappa shape index (κ3) is 3.05. The average Bonchev–Trinajstić information content (AvgIpc) is 3.08. The zero-order chi connectivity index (χ0) is 14.8. The largest absolute Gasteiger partial charge is 0.493 e. The molecule has 1 aromatic carbocycles. The van der Waals surface area contributed by atoms with Crippen LogP contribution in [0.2, 0.25) is 5.02 Å². The Bertz CT molecular complexity index is 506. The van der Waals surface area contributed by atoms with Gasteiger partial charge in [0.25, 0.3) is 0 Å². The zero-order valence-electron chi connectivity index (χ0n) is 12.8. The summed E-state index contributed by atoms with van der Waals surface area (Å²) in [6, 6.07) is 4.37. The Labute approximate surface area is 132 Å². The maximum absolute atomic E-state index is 6.34. The van der Waals surface area contributed by atoms with E-state index in [0.29, 0.717) is 5.92 Å². The molecule has 3 rings (SSSR count). The zero-order valence-corrected chi connectivity index (χ0v) is 13.6. The van der Waals surface area contributed by atoms with Gasteiger partial charge in [-0.2, -0.15) is 0 Å². The van der Waals surface area contributed by atoms with Crippen LogP contribution in [0.4, 0.5) is 0 Å². The lowest BCUT2D eigenvalue weighted by Crippen LogP contribution is -2.32. The molecule has 0 spiro atoms. The lowest BCUT2D eigenvalue weighted by molar-refractivity contribution is 0.0950. The van der Waals surface area contributed by atoms with Crippen molar-refractivity contribution in [2.45, 2.75) is 45.3 Å². The number of halogens is 1. The number of ether oxygens (including phenoxy) is 2. The van der Waals surface area contributed by atoms with E-state index in [1.165, 1.54) is 11.1 Å². The number of nitrogens with one attached hydrogen (secondary N) is 1. The minimum absolute atomic E-state index is 0.257. The summed E-state index contributed by atoms with van der Waals surface area (Å²) in [5.74, 6) is 1.52. The van der Waals surface area contributed by atoms with E-state index in [-0.39, 0.29) is 12.1 Å². The number of fused-ring (bicyclic) bond motifs is 1. The van der Waals surface area contributed by atoms with Crippen LogP contribution >= 0.6 is 11.6 Å². The van der Waals surface area contributed by atoms with Gasteiger partial charge < -0.3 is 14.8 Å². The van der Waals surface area contributed by atoms with E-state index < -0.39 is 0 Å². The van der Waals surface area contributed by atoms with Gasteiger partial charge in [0, 0.05) is 35.6 Å². The molecule has 3 unspecified atom stereocenters. The van der Waals surface area contributed by atoms with Crippen molar-refractivity contribution in [1.29, 1.82) is 0 Å².